The fourth-order valence-electron chi connectivity index (χ4n) is 2.37. The zero-order valence-corrected chi connectivity index (χ0v) is 11.6. The van der Waals surface area contributed by atoms with Crippen LogP contribution in [0.3, 0.4) is 0 Å². The molecule has 1 aromatic carbocycles. The van der Waals surface area contributed by atoms with E-state index >= 15 is 0 Å². The van der Waals surface area contributed by atoms with E-state index in [1.165, 1.54) is 11.1 Å². The van der Waals surface area contributed by atoms with Crippen molar-refractivity contribution in [3.8, 4) is 0 Å². The van der Waals surface area contributed by atoms with Crippen LogP contribution in [-0.4, -0.2) is 37.2 Å². The Balaban J connectivity index is 2.09. The Kier molecular flexibility index (Phi) is 4.76. The summed E-state index contributed by atoms with van der Waals surface area (Å²) in [6, 6.07) is 8.60. The number of nitrogens with zero attached hydrogens (tertiary/aromatic N) is 2. The number of nitrogens with two attached hydrogens (primary N) is 1. The van der Waals surface area contributed by atoms with Crippen molar-refractivity contribution >= 4 is 5.96 Å². The van der Waals surface area contributed by atoms with E-state index in [1.807, 2.05) is 6.92 Å². The van der Waals surface area contributed by atoms with Gasteiger partial charge in [-0.2, -0.15) is 0 Å². The average molecular weight is 262 g/mol. The van der Waals surface area contributed by atoms with Gasteiger partial charge in [0.2, 0.25) is 5.96 Å². The van der Waals surface area contributed by atoms with E-state index in [0.717, 1.165) is 25.5 Å². The molecule has 104 valence electrons. The van der Waals surface area contributed by atoms with Crippen molar-refractivity contribution in [3.63, 3.8) is 0 Å². The van der Waals surface area contributed by atoms with Crippen molar-refractivity contribution in [3.05, 3.63) is 35.4 Å². The summed E-state index contributed by atoms with van der Waals surface area (Å²) >= 11 is 0. The number of fused-ring (bicyclic) bond motifs is 1. The Labute approximate surface area is 114 Å². The van der Waals surface area contributed by atoms with Crippen LogP contribution in [0.1, 0.15) is 18.1 Å². The molecule has 3 N–H and O–H groups in total. The van der Waals surface area contributed by atoms with E-state index in [9.17, 15) is 0 Å². The predicted octanol–water partition coefficient (Wildman–Crippen LogP) is 0.899. The van der Waals surface area contributed by atoms with Crippen molar-refractivity contribution < 1.29 is 4.74 Å². The molecule has 1 atom stereocenters. The molecule has 0 radical (unpaired) electrons. The minimum absolute atomic E-state index is 0.0909. The minimum atomic E-state index is 0.0909. The van der Waals surface area contributed by atoms with Crippen LogP contribution >= 0.6 is 0 Å². The average Bonchev–Trinajstić information content (AvgIpc) is 2.44. The molecule has 19 heavy (non-hydrogen) atoms. The van der Waals surface area contributed by atoms with Crippen molar-refractivity contribution in [1.82, 2.24) is 10.3 Å². The third-order valence-corrected chi connectivity index (χ3v) is 3.31. The van der Waals surface area contributed by atoms with Crippen LogP contribution in [0.15, 0.2) is 29.3 Å². The van der Waals surface area contributed by atoms with Gasteiger partial charge in [0.25, 0.3) is 0 Å². The Morgan fingerprint density at radius 2 is 2.21 bits per heavy atom. The van der Waals surface area contributed by atoms with Gasteiger partial charge in [0, 0.05) is 20.2 Å². The maximum atomic E-state index is 5.60. The molecular weight excluding hydrogens is 240 g/mol. The number of hydrazine groups is 1. The minimum Gasteiger partial charge on any atom is -0.382 e. The number of methoxy groups -OCH3 is 1. The van der Waals surface area contributed by atoms with Crippen LogP contribution in [-0.2, 0) is 17.7 Å². The molecule has 2 rings (SSSR count). The molecule has 0 spiro atoms. The Bertz CT molecular complexity index is 447. The molecule has 1 heterocycles. The molecule has 0 saturated carbocycles. The summed E-state index contributed by atoms with van der Waals surface area (Å²) in [5.41, 5.74) is 5.47. The van der Waals surface area contributed by atoms with Gasteiger partial charge >= 0.3 is 0 Å². The van der Waals surface area contributed by atoms with E-state index in [4.69, 9.17) is 10.6 Å². The van der Waals surface area contributed by atoms with Crippen LogP contribution < -0.4 is 11.3 Å². The largest absolute Gasteiger partial charge is 0.382 e. The number of hydrogen-bond acceptors (Lipinski definition) is 3. The Hall–Kier alpha value is -1.59. The van der Waals surface area contributed by atoms with Gasteiger partial charge in [-0.1, -0.05) is 24.3 Å². The molecule has 0 bridgehead atoms. The number of ether oxygens (including phenoxy) is 1. The number of guanidine groups is 1. The second-order valence-electron chi connectivity index (χ2n) is 4.84. The normalized spacial score (nSPS) is 17.0. The molecule has 0 amide bonds. The summed E-state index contributed by atoms with van der Waals surface area (Å²) in [6.45, 7) is 4.38. The number of benzene rings is 1. The summed E-state index contributed by atoms with van der Waals surface area (Å²) in [5, 5.41) is 0. The molecule has 1 aromatic rings. The highest BCUT2D eigenvalue weighted by Crippen LogP contribution is 2.18. The summed E-state index contributed by atoms with van der Waals surface area (Å²) in [7, 11) is 1.68. The first-order chi connectivity index (χ1) is 9.24. The second kappa shape index (κ2) is 6.54. The number of rotatable bonds is 3. The number of hydrogen-bond donors (Lipinski definition) is 2. The van der Waals surface area contributed by atoms with Gasteiger partial charge in [-0.15, -0.1) is 0 Å². The molecule has 1 unspecified atom stereocenters. The van der Waals surface area contributed by atoms with Gasteiger partial charge in [0.15, 0.2) is 0 Å². The Morgan fingerprint density at radius 1 is 1.47 bits per heavy atom. The lowest BCUT2D eigenvalue weighted by Gasteiger charge is -2.31. The van der Waals surface area contributed by atoms with Gasteiger partial charge in [0.1, 0.15) is 0 Å². The topological polar surface area (TPSA) is 62.9 Å². The molecule has 0 aliphatic carbocycles. The lowest BCUT2D eigenvalue weighted by Crippen LogP contribution is -2.47. The highest BCUT2D eigenvalue weighted by molar-refractivity contribution is 5.79. The first-order valence-electron chi connectivity index (χ1n) is 6.59. The van der Waals surface area contributed by atoms with Crippen molar-refractivity contribution in [2.24, 2.45) is 10.8 Å². The lowest BCUT2D eigenvalue weighted by molar-refractivity contribution is 0.185. The molecule has 5 heteroatoms. The van der Waals surface area contributed by atoms with Crippen LogP contribution in [0.5, 0.6) is 0 Å². The van der Waals surface area contributed by atoms with Crippen molar-refractivity contribution in [2.75, 3.05) is 20.3 Å². The second-order valence-corrected chi connectivity index (χ2v) is 4.84. The third-order valence-electron chi connectivity index (χ3n) is 3.31. The van der Waals surface area contributed by atoms with E-state index in [0.29, 0.717) is 6.61 Å². The standard InChI is InChI=1S/C14H22N4O/c1-11(10-19-2)16-14(17-15)18-8-7-12-5-3-4-6-13(12)9-18/h3-6,11H,7-10,15H2,1-2H3,(H,16,17). The van der Waals surface area contributed by atoms with Gasteiger partial charge in [0.05, 0.1) is 12.6 Å². The maximum absolute atomic E-state index is 5.60. The third kappa shape index (κ3) is 3.45. The van der Waals surface area contributed by atoms with Gasteiger partial charge in [-0.25, -0.2) is 10.8 Å². The van der Waals surface area contributed by atoms with Crippen LogP contribution in [0.2, 0.25) is 0 Å². The fourth-order valence-corrected chi connectivity index (χ4v) is 2.37. The van der Waals surface area contributed by atoms with E-state index in [2.05, 4.69) is 39.6 Å². The molecular formula is C14H22N4O. The van der Waals surface area contributed by atoms with E-state index in [-0.39, 0.29) is 6.04 Å². The highest BCUT2D eigenvalue weighted by atomic mass is 16.5. The first-order valence-corrected chi connectivity index (χ1v) is 6.59. The van der Waals surface area contributed by atoms with Crippen LogP contribution in [0.25, 0.3) is 0 Å². The Morgan fingerprint density at radius 3 is 2.89 bits per heavy atom. The zero-order valence-electron chi connectivity index (χ0n) is 11.6. The lowest BCUT2D eigenvalue weighted by atomic mass is 10.0. The summed E-state index contributed by atoms with van der Waals surface area (Å²) in [6.07, 6.45) is 1.02. The zero-order chi connectivity index (χ0) is 13.7. The summed E-state index contributed by atoms with van der Waals surface area (Å²) in [4.78, 5) is 6.74. The number of nitrogens with one attached hydrogen (secondary N) is 1. The molecule has 1 aliphatic heterocycles. The molecule has 0 fully saturated rings. The molecule has 0 aromatic heterocycles. The van der Waals surface area contributed by atoms with Crippen molar-refractivity contribution in [1.29, 1.82) is 0 Å². The predicted molar refractivity (Wildman–Crippen MR) is 76.7 cm³/mol. The van der Waals surface area contributed by atoms with Crippen molar-refractivity contribution in [2.45, 2.75) is 25.9 Å². The smallest absolute Gasteiger partial charge is 0.209 e. The van der Waals surface area contributed by atoms with Gasteiger partial charge in [-0.05, 0) is 24.5 Å². The van der Waals surface area contributed by atoms with Crippen LogP contribution in [0.4, 0.5) is 0 Å². The van der Waals surface area contributed by atoms with Gasteiger partial charge < -0.3 is 9.64 Å². The molecule has 1 aliphatic rings. The fraction of sp³-hybridized carbons (Fsp3) is 0.500. The first kappa shape index (κ1) is 13.8. The summed E-state index contributed by atoms with van der Waals surface area (Å²) in [5.74, 6) is 6.34. The molecule has 5 nitrogen and oxygen atoms in total. The van der Waals surface area contributed by atoms with Gasteiger partial charge in [-0.3, -0.25) is 5.43 Å². The highest BCUT2D eigenvalue weighted by Gasteiger charge is 2.18. The van der Waals surface area contributed by atoms with Crippen LogP contribution in [0, 0.1) is 0 Å². The quantitative estimate of drug-likeness (QED) is 0.368. The maximum Gasteiger partial charge on any atom is 0.209 e. The van der Waals surface area contributed by atoms with E-state index in [1.54, 1.807) is 7.11 Å². The summed E-state index contributed by atoms with van der Waals surface area (Å²) < 4.78 is 5.10. The van der Waals surface area contributed by atoms with E-state index < -0.39 is 0 Å². The monoisotopic (exact) mass is 262 g/mol. The SMILES string of the molecule is COCC(C)N=C(NN)N1CCc2ccccc2C1. The number of aliphatic imine (C=N–C) groups is 1. The molecule has 0 saturated heterocycles.